The predicted molar refractivity (Wildman–Crippen MR) is 117 cm³/mol. The monoisotopic (exact) mass is 413 g/mol. The van der Waals surface area contributed by atoms with Crippen LogP contribution >= 0.6 is 11.6 Å². The molecule has 3 heterocycles. The lowest BCUT2D eigenvalue weighted by molar-refractivity contribution is -0.131. The molecule has 2 fully saturated rings. The number of piperazine rings is 1. The first-order valence-electron chi connectivity index (χ1n) is 10.5. The van der Waals surface area contributed by atoms with Gasteiger partial charge in [-0.3, -0.25) is 4.79 Å². The second kappa shape index (κ2) is 8.99. The van der Waals surface area contributed by atoms with Crippen LogP contribution in [0.1, 0.15) is 30.5 Å². The van der Waals surface area contributed by atoms with E-state index in [4.69, 9.17) is 16.6 Å². The second-order valence-electron chi connectivity index (χ2n) is 7.86. The van der Waals surface area contributed by atoms with Crippen LogP contribution in [0.4, 0.5) is 11.8 Å². The van der Waals surface area contributed by atoms with E-state index < -0.39 is 0 Å². The van der Waals surface area contributed by atoms with Crippen molar-refractivity contribution in [2.24, 2.45) is 0 Å². The van der Waals surface area contributed by atoms with Gasteiger partial charge in [0.1, 0.15) is 5.82 Å². The van der Waals surface area contributed by atoms with Crippen LogP contribution in [0.15, 0.2) is 30.3 Å². The Labute approximate surface area is 177 Å². The molecule has 0 unspecified atom stereocenters. The fourth-order valence-corrected chi connectivity index (χ4v) is 4.26. The smallest absolute Gasteiger partial charge is 0.227 e. The lowest BCUT2D eigenvalue weighted by Crippen LogP contribution is -2.49. The SMILES string of the molecule is Cc1cc(N2CCCC2)nc(N2CCN(C(=O)CCc3cccc(Cl)c3)CC2)n1. The van der Waals surface area contributed by atoms with Gasteiger partial charge in [-0.05, 0) is 43.9 Å². The van der Waals surface area contributed by atoms with Gasteiger partial charge in [0.15, 0.2) is 0 Å². The van der Waals surface area contributed by atoms with Crippen molar-refractivity contribution >= 4 is 29.3 Å². The molecule has 0 bridgehead atoms. The van der Waals surface area contributed by atoms with Gasteiger partial charge in [-0.25, -0.2) is 4.98 Å². The number of nitrogens with zero attached hydrogens (tertiary/aromatic N) is 5. The highest BCUT2D eigenvalue weighted by Crippen LogP contribution is 2.22. The van der Waals surface area contributed by atoms with Crippen molar-refractivity contribution in [2.45, 2.75) is 32.6 Å². The van der Waals surface area contributed by atoms with Crippen molar-refractivity contribution in [1.29, 1.82) is 0 Å². The Morgan fingerprint density at radius 3 is 2.48 bits per heavy atom. The molecule has 2 aliphatic rings. The van der Waals surface area contributed by atoms with Gasteiger partial charge in [0, 0.05) is 62.5 Å². The van der Waals surface area contributed by atoms with E-state index in [-0.39, 0.29) is 5.91 Å². The normalized spacial score (nSPS) is 17.1. The van der Waals surface area contributed by atoms with Gasteiger partial charge in [0.05, 0.1) is 0 Å². The molecule has 0 atom stereocenters. The van der Waals surface area contributed by atoms with Crippen LogP contribution < -0.4 is 9.80 Å². The summed E-state index contributed by atoms with van der Waals surface area (Å²) in [6.45, 7) is 7.14. The Kier molecular flexibility index (Phi) is 6.19. The zero-order valence-electron chi connectivity index (χ0n) is 17.0. The summed E-state index contributed by atoms with van der Waals surface area (Å²) in [5.41, 5.74) is 2.10. The molecule has 1 amide bonds. The Morgan fingerprint density at radius 2 is 1.76 bits per heavy atom. The summed E-state index contributed by atoms with van der Waals surface area (Å²) >= 11 is 6.03. The number of rotatable bonds is 5. The van der Waals surface area contributed by atoms with Gasteiger partial charge in [-0.1, -0.05) is 23.7 Å². The standard InChI is InChI=1S/C22H28ClN5O/c1-17-15-20(26-9-2-3-10-26)25-22(24-17)28-13-11-27(12-14-28)21(29)8-7-18-5-4-6-19(23)16-18/h4-6,15-16H,2-3,7-14H2,1H3. The zero-order valence-corrected chi connectivity index (χ0v) is 17.7. The maximum Gasteiger partial charge on any atom is 0.227 e. The highest BCUT2D eigenvalue weighted by Gasteiger charge is 2.24. The lowest BCUT2D eigenvalue weighted by atomic mass is 10.1. The molecule has 1 aromatic heterocycles. The minimum atomic E-state index is 0.201. The van der Waals surface area contributed by atoms with E-state index in [1.807, 2.05) is 36.1 Å². The fraction of sp³-hybridized carbons (Fsp3) is 0.500. The van der Waals surface area contributed by atoms with Crippen LogP contribution in [0.3, 0.4) is 0 Å². The molecule has 4 rings (SSSR count). The second-order valence-corrected chi connectivity index (χ2v) is 8.30. The van der Waals surface area contributed by atoms with E-state index in [0.717, 1.165) is 60.6 Å². The molecule has 0 aliphatic carbocycles. The van der Waals surface area contributed by atoms with Crippen molar-refractivity contribution < 1.29 is 4.79 Å². The molecular weight excluding hydrogens is 386 g/mol. The first-order chi connectivity index (χ1) is 14.1. The van der Waals surface area contributed by atoms with E-state index >= 15 is 0 Å². The fourth-order valence-electron chi connectivity index (χ4n) is 4.04. The summed E-state index contributed by atoms with van der Waals surface area (Å²) in [7, 11) is 0. The number of carbonyl (C=O) groups is 1. The van der Waals surface area contributed by atoms with Gasteiger partial charge < -0.3 is 14.7 Å². The Morgan fingerprint density at radius 1 is 1.00 bits per heavy atom. The maximum atomic E-state index is 12.6. The molecule has 2 aliphatic heterocycles. The molecule has 29 heavy (non-hydrogen) atoms. The quantitative estimate of drug-likeness (QED) is 0.752. The van der Waals surface area contributed by atoms with Crippen molar-refractivity contribution in [2.75, 3.05) is 49.1 Å². The first kappa shape index (κ1) is 20.0. The molecule has 0 N–H and O–H groups in total. The maximum absolute atomic E-state index is 12.6. The van der Waals surface area contributed by atoms with Crippen LogP contribution in [0, 0.1) is 6.92 Å². The number of amides is 1. The summed E-state index contributed by atoms with van der Waals surface area (Å²) in [6, 6.07) is 9.81. The molecule has 0 saturated carbocycles. The van der Waals surface area contributed by atoms with Crippen molar-refractivity contribution in [3.8, 4) is 0 Å². The number of aryl methyl sites for hydroxylation is 2. The molecular formula is C22H28ClN5O. The molecule has 7 heteroatoms. The van der Waals surface area contributed by atoms with E-state index in [9.17, 15) is 4.79 Å². The Balaban J connectivity index is 1.32. The zero-order chi connectivity index (χ0) is 20.2. The average Bonchev–Trinajstić information content (AvgIpc) is 3.27. The Bertz CT molecular complexity index is 860. The third kappa shape index (κ3) is 4.99. The van der Waals surface area contributed by atoms with Crippen LogP contribution in [0.25, 0.3) is 0 Å². The summed E-state index contributed by atoms with van der Waals surface area (Å²) in [5.74, 6) is 2.02. The number of halogens is 1. The number of anilines is 2. The van der Waals surface area contributed by atoms with Gasteiger partial charge in [0.25, 0.3) is 0 Å². The topological polar surface area (TPSA) is 52.6 Å². The third-order valence-corrected chi connectivity index (χ3v) is 5.93. The van der Waals surface area contributed by atoms with E-state index in [2.05, 4.69) is 20.9 Å². The summed E-state index contributed by atoms with van der Waals surface area (Å²) in [4.78, 5) is 28.6. The van der Waals surface area contributed by atoms with E-state index in [0.29, 0.717) is 19.5 Å². The molecule has 2 aromatic rings. The summed E-state index contributed by atoms with van der Waals surface area (Å²) < 4.78 is 0. The predicted octanol–water partition coefficient (Wildman–Crippen LogP) is 3.32. The van der Waals surface area contributed by atoms with Gasteiger partial charge >= 0.3 is 0 Å². The summed E-state index contributed by atoms with van der Waals surface area (Å²) in [6.07, 6.45) is 3.70. The van der Waals surface area contributed by atoms with Gasteiger partial charge in [-0.2, -0.15) is 4.98 Å². The van der Waals surface area contributed by atoms with Crippen molar-refractivity contribution in [3.05, 3.63) is 46.6 Å². The largest absolute Gasteiger partial charge is 0.356 e. The van der Waals surface area contributed by atoms with Gasteiger partial charge in [-0.15, -0.1) is 0 Å². The van der Waals surface area contributed by atoms with Crippen molar-refractivity contribution in [1.82, 2.24) is 14.9 Å². The Hall–Kier alpha value is -2.34. The first-order valence-corrected chi connectivity index (χ1v) is 10.8. The van der Waals surface area contributed by atoms with Gasteiger partial charge in [0.2, 0.25) is 11.9 Å². The molecule has 6 nitrogen and oxygen atoms in total. The number of hydrogen-bond donors (Lipinski definition) is 0. The number of benzene rings is 1. The number of carbonyl (C=O) groups excluding carboxylic acids is 1. The summed E-state index contributed by atoms with van der Waals surface area (Å²) in [5, 5.41) is 0.718. The highest BCUT2D eigenvalue weighted by atomic mass is 35.5. The van der Waals surface area contributed by atoms with E-state index in [1.54, 1.807) is 0 Å². The minimum absolute atomic E-state index is 0.201. The number of aromatic nitrogens is 2. The lowest BCUT2D eigenvalue weighted by Gasteiger charge is -2.35. The molecule has 1 aromatic carbocycles. The highest BCUT2D eigenvalue weighted by molar-refractivity contribution is 6.30. The molecule has 154 valence electrons. The van der Waals surface area contributed by atoms with E-state index in [1.165, 1.54) is 12.8 Å². The molecule has 0 radical (unpaired) electrons. The third-order valence-electron chi connectivity index (χ3n) is 5.69. The molecule has 0 spiro atoms. The minimum Gasteiger partial charge on any atom is -0.356 e. The van der Waals surface area contributed by atoms with Crippen LogP contribution in [0.5, 0.6) is 0 Å². The number of hydrogen-bond acceptors (Lipinski definition) is 5. The van der Waals surface area contributed by atoms with Crippen LogP contribution in [0.2, 0.25) is 5.02 Å². The van der Waals surface area contributed by atoms with Crippen molar-refractivity contribution in [3.63, 3.8) is 0 Å². The van der Waals surface area contributed by atoms with Crippen LogP contribution in [-0.2, 0) is 11.2 Å². The average molecular weight is 414 g/mol. The van der Waals surface area contributed by atoms with Crippen LogP contribution in [-0.4, -0.2) is 60.0 Å². The molecule has 2 saturated heterocycles.